The fourth-order valence-corrected chi connectivity index (χ4v) is 3.69. The van der Waals surface area contributed by atoms with Gasteiger partial charge in [-0.3, -0.25) is 14.4 Å². The second-order valence-corrected chi connectivity index (χ2v) is 9.71. The molecule has 2 aromatic carbocycles. The summed E-state index contributed by atoms with van der Waals surface area (Å²) in [5, 5.41) is 18.3. The Labute approximate surface area is 209 Å². The second kappa shape index (κ2) is 11.5. The first kappa shape index (κ1) is 26.5. The zero-order valence-electron chi connectivity index (χ0n) is 20.6. The van der Waals surface area contributed by atoms with Gasteiger partial charge >= 0.3 is 5.97 Å². The molecule has 3 aromatic rings. The minimum atomic E-state index is -1.18. The van der Waals surface area contributed by atoms with Gasteiger partial charge in [-0.05, 0) is 17.2 Å². The summed E-state index contributed by atoms with van der Waals surface area (Å²) in [5.74, 6) is -2.65. The normalized spacial score (nSPS) is 13.0. The highest BCUT2D eigenvalue weighted by atomic mass is 16.4. The summed E-state index contributed by atoms with van der Waals surface area (Å²) in [7, 11) is 0. The topological polar surface area (TPSA) is 140 Å². The van der Waals surface area contributed by atoms with E-state index in [-0.39, 0.29) is 18.7 Å². The van der Waals surface area contributed by atoms with Crippen molar-refractivity contribution >= 4 is 34.6 Å². The van der Waals surface area contributed by atoms with Crippen LogP contribution in [-0.4, -0.2) is 52.4 Å². The van der Waals surface area contributed by atoms with E-state index in [0.717, 1.165) is 22.0 Å². The molecule has 5 N–H and O–H groups in total. The summed E-state index contributed by atoms with van der Waals surface area (Å²) < 4.78 is 0. The van der Waals surface area contributed by atoms with Crippen LogP contribution in [0.15, 0.2) is 60.8 Å². The highest BCUT2D eigenvalue weighted by Crippen LogP contribution is 2.19. The summed E-state index contributed by atoms with van der Waals surface area (Å²) in [6.07, 6.45) is 2.05. The molecule has 0 fully saturated rings. The van der Waals surface area contributed by atoms with E-state index >= 15 is 0 Å². The molecule has 36 heavy (non-hydrogen) atoms. The standard InChI is InChI=1S/C27H32N4O5/c1-27(2,3)26(36)31-21(13-17-9-5-4-6-10-17)24(33)29-16-23(32)30-22(25(34)35)14-18-15-28-20-12-8-7-11-19(18)20/h4-12,15,21-22,28H,13-14,16H2,1-3H3,(H,29,33)(H,30,32)(H,31,36)(H,34,35)/t21-,22+/m1/s1. The van der Waals surface area contributed by atoms with Crippen LogP contribution in [0.1, 0.15) is 31.9 Å². The number of benzene rings is 2. The molecule has 1 aromatic heterocycles. The molecule has 0 saturated heterocycles. The van der Waals surface area contributed by atoms with E-state index < -0.39 is 41.8 Å². The Bertz CT molecular complexity index is 1230. The first-order chi connectivity index (χ1) is 17.0. The van der Waals surface area contributed by atoms with E-state index in [2.05, 4.69) is 20.9 Å². The molecule has 0 unspecified atom stereocenters. The molecular weight excluding hydrogens is 460 g/mol. The van der Waals surface area contributed by atoms with E-state index in [1.807, 2.05) is 54.6 Å². The number of para-hydroxylation sites is 1. The molecule has 0 bridgehead atoms. The molecule has 0 radical (unpaired) electrons. The van der Waals surface area contributed by atoms with Gasteiger partial charge < -0.3 is 26.0 Å². The molecule has 1 heterocycles. The summed E-state index contributed by atoms with van der Waals surface area (Å²) >= 11 is 0. The largest absolute Gasteiger partial charge is 0.480 e. The molecule has 9 heteroatoms. The lowest BCUT2D eigenvalue weighted by Gasteiger charge is -2.24. The minimum Gasteiger partial charge on any atom is -0.480 e. The predicted molar refractivity (Wildman–Crippen MR) is 136 cm³/mol. The van der Waals surface area contributed by atoms with E-state index in [4.69, 9.17) is 0 Å². The first-order valence-electron chi connectivity index (χ1n) is 11.7. The van der Waals surface area contributed by atoms with Crippen molar-refractivity contribution in [3.8, 4) is 0 Å². The number of nitrogens with one attached hydrogen (secondary N) is 4. The SMILES string of the molecule is CC(C)(C)C(=O)N[C@H](Cc1ccccc1)C(=O)NCC(=O)N[C@@H](Cc1c[nH]c2ccccc12)C(=O)O. The van der Waals surface area contributed by atoms with Gasteiger partial charge in [0.1, 0.15) is 12.1 Å². The molecule has 0 aliphatic heterocycles. The smallest absolute Gasteiger partial charge is 0.326 e. The van der Waals surface area contributed by atoms with Gasteiger partial charge in [-0.1, -0.05) is 69.3 Å². The van der Waals surface area contributed by atoms with Crippen molar-refractivity contribution in [1.82, 2.24) is 20.9 Å². The van der Waals surface area contributed by atoms with Crippen LogP contribution in [0.3, 0.4) is 0 Å². The maximum absolute atomic E-state index is 12.9. The molecule has 0 spiro atoms. The number of amides is 3. The number of hydrogen-bond donors (Lipinski definition) is 5. The van der Waals surface area contributed by atoms with E-state index in [0.29, 0.717) is 0 Å². The Balaban J connectivity index is 1.62. The first-order valence-corrected chi connectivity index (χ1v) is 11.7. The van der Waals surface area contributed by atoms with Crippen LogP contribution in [0.25, 0.3) is 10.9 Å². The number of hydrogen-bond acceptors (Lipinski definition) is 4. The summed E-state index contributed by atoms with van der Waals surface area (Å²) in [6.45, 7) is 4.81. The zero-order chi connectivity index (χ0) is 26.3. The van der Waals surface area contributed by atoms with Crippen LogP contribution in [0, 0.1) is 5.41 Å². The Hall–Kier alpha value is -4.14. The molecule has 0 saturated carbocycles. The molecule has 190 valence electrons. The lowest BCUT2D eigenvalue weighted by molar-refractivity contribution is -0.141. The Morgan fingerprint density at radius 2 is 1.56 bits per heavy atom. The third-order valence-electron chi connectivity index (χ3n) is 5.74. The van der Waals surface area contributed by atoms with Crippen molar-refractivity contribution in [1.29, 1.82) is 0 Å². The molecule has 9 nitrogen and oxygen atoms in total. The van der Waals surface area contributed by atoms with Gasteiger partial charge in [0.2, 0.25) is 17.7 Å². The van der Waals surface area contributed by atoms with E-state index in [1.165, 1.54) is 0 Å². The molecule has 0 aliphatic carbocycles. The average Bonchev–Trinajstić information content (AvgIpc) is 3.24. The molecule has 3 rings (SSSR count). The number of carboxylic acid groups (broad SMARTS) is 1. The number of carboxylic acids is 1. The maximum atomic E-state index is 12.9. The Morgan fingerprint density at radius 1 is 0.889 bits per heavy atom. The number of aromatic amines is 1. The molecular formula is C27H32N4O5. The van der Waals surface area contributed by atoms with Gasteiger partial charge in [-0.25, -0.2) is 4.79 Å². The van der Waals surface area contributed by atoms with Crippen LogP contribution in [-0.2, 0) is 32.0 Å². The van der Waals surface area contributed by atoms with Crippen molar-refractivity contribution in [2.24, 2.45) is 5.41 Å². The van der Waals surface area contributed by atoms with Crippen LogP contribution in [0.5, 0.6) is 0 Å². The van der Waals surface area contributed by atoms with E-state index in [1.54, 1.807) is 27.0 Å². The maximum Gasteiger partial charge on any atom is 0.326 e. The highest BCUT2D eigenvalue weighted by Gasteiger charge is 2.28. The van der Waals surface area contributed by atoms with Crippen molar-refractivity contribution in [3.63, 3.8) is 0 Å². The zero-order valence-corrected chi connectivity index (χ0v) is 20.6. The van der Waals surface area contributed by atoms with Crippen molar-refractivity contribution in [2.45, 2.75) is 45.7 Å². The lowest BCUT2D eigenvalue weighted by Crippen LogP contribution is -2.53. The van der Waals surface area contributed by atoms with E-state index in [9.17, 15) is 24.3 Å². The van der Waals surface area contributed by atoms with Crippen LogP contribution in [0.4, 0.5) is 0 Å². The quantitative estimate of drug-likeness (QED) is 0.295. The second-order valence-electron chi connectivity index (χ2n) is 9.71. The van der Waals surface area contributed by atoms with Crippen LogP contribution < -0.4 is 16.0 Å². The highest BCUT2D eigenvalue weighted by molar-refractivity contribution is 5.93. The molecule has 2 atom stereocenters. The fraction of sp³-hybridized carbons (Fsp3) is 0.333. The fourth-order valence-electron chi connectivity index (χ4n) is 3.69. The number of fused-ring (bicyclic) bond motifs is 1. The molecule has 0 aliphatic rings. The van der Waals surface area contributed by atoms with Gasteiger partial charge in [0.15, 0.2) is 0 Å². The number of aromatic nitrogens is 1. The van der Waals surface area contributed by atoms with Crippen molar-refractivity contribution < 1.29 is 24.3 Å². The van der Waals surface area contributed by atoms with Crippen LogP contribution >= 0.6 is 0 Å². The third kappa shape index (κ3) is 7.18. The lowest BCUT2D eigenvalue weighted by atomic mass is 9.94. The number of carbonyl (C=O) groups excluding carboxylic acids is 3. The van der Waals surface area contributed by atoms with Crippen LogP contribution in [0.2, 0.25) is 0 Å². The van der Waals surface area contributed by atoms with Gasteiger partial charge in [0.25, 0.3) is 0 Å². The summed E-state index contributed by atoms with van der Waals surface area (Å²) in [5.41, 5.74) is 1.78. The number of carbonyl (C=O) groups is 4. The van der Waals surface area contributed by atoms with Gasteiger partial charge in [-0.15, -0.1) is 0 Å². The van der Waals surface area contributed by atoms with Crippen molar-refractivity contribution in [2.75, 3.05) is 6.54 Å². The van der Waals surface area contributed by atoms with Gasteiger partial charge in [-0.2, -0.15) is 0 Å². The van der Waals surface area contributed by atoms with Crippen molar-refractivity contribution in [3.05, 3.63) is 71.9 Å². The number of rotatable bonds is 10. The monoisotopic (exact) mass is 492 g/mol. The van der Waals surface area contributed by atoms with Gasteiger partial charge in [0.05, 0.1) is 6.54 Å². The third-order valence-corrected chi connectivity index (χ3v) is 5.74. The summed E-state index contributed by atoms with van der Waals surface area (Å²) in [6, 6.07) is 14.6. The number of H-pyrrole nitrogens is 1. The Kier molecular flexibility index (Phi) is 8.47. The minimum absolute atomic E-state index is 0.0807. The number of aliphatic carboxylic acids is 1. The average molecular weight is 493 g/mol. The predicted octanol–water partition coefficient (Wildman–Crippen LogP) is 2.17. The molecule has 3 amide bonds. The Morgan fingerprint density at radius 3 is 2.22 bits per heavy atom. The summed E-state index contributed by atoms with van der Waals surface area (Å²) in [4.78, 5) is 52.9. The van der Waals surface area contributed by atoms with Gasteiger partial charge in [0, 0.05) is 35.4 Å².